The molecule has 0 radical (unpaired) electrons. The highest BCUT2D eigenvalue weighted by Crippen LogP contribution is 2.38. The van der Waals surface area contributed by atoms with E-state index in [2.05, 4.69) is 11.4 Å². The van der Waals surface area contributed by atoms with Crippen LogP contribution in [0, 0.1) is 0 Å². The summed E-state index contributed by atoms with van der Waals surface area (Å²) >= 11 is 6.00. The molecule has 5 nitrogen and oxygen atoms in total. The van der Waals surface area contributed by atoms with Gasteiger partial charge in [0.1, 0.15) is 0 Å². The predicted molar refractivity (Wildman–Crippen MR) is 119 cm³/mol. The van der Waals surface area contributed by atoms with Crippen molar-refractivity contribution in [2.75, 3.05) is 16.8 Å². The number of carbonyl (C=O) groups is 2. The molecule has 0 saturated carbocycles. The fourth-order valence-electron chi connectivity index (χ4n) is 3.82. The molecule has 0 saturated heterocycles. The summed E-state index contributed by atoms with van der Waals surface area (Å²) < 4.78 is 0. The minimum Gasteiger partial charge on any atom is -0.478 e. The molecule has 0 aromatic heterocycles. The molecule has 152 valence electrons. The van der Waals surface area contributed by atoms with Crippen molar-refractivity contribution in [1.82, 2.24) is 0 Å². The molecule has 0 bridgehead atoms. The lowest BCUT2D eigenvalue weighted by Gasteiger charge is -2.35. The highest BCUT2D eigenvalue weighted by molar-refractivity contribution is 6.30. The van der Waals surface area contributed by atoms with Crippen molar-refractivity contribution in [3.05, 3.63) is 82.9 Å². The van der Waals surface area contributed by atoms with E-state index in [1.807, 2.05) is 36.4 Å². The quantitative estimate of drug-likeness (QED) is 0.575. The first-order valence-corrected chi connectivity index (χ1v) is 10.1. The molecule has 1 amide bonds. The van der Waals surface area contributed by atoms with Gasteiger partial charge in [-0.25, -0.2) is 4.79 Å². The Balaban J connectivity index is 1.72. The van der Waals surface area contributed by atoms with E-state index in [9.17, 15) is 9.59 Å². The number of anilines is 2. The van der Waals surface area contributed by atoms with Crippen LogP contribution in [0.1, 0.15) is 35.3 Å². The van der Waals surface area contributed by atoms with Gasteiger partial charge in [-0.05, 0) is 71.6 Å². The lowest BCUT2D eigenvalue weighted by atomic mass is 9.92. The Morgan fingerprint density at radius 1 is 1.00 bits per heavy atom. The number of halogens is 1. The second kappa shape index (κ2) is 8.20. The minimum atomic E-state index is -0.948. The average molecular weight is 421 g/mol. The summed E-state index contributed by atoms with van der Waals surface area (Å²) in [6, 6.07) is 20.4. The Kier molecular flexibility index (Phi) is 5.46. The SMILES string of the molecule is CC(=O)N1CCC(Nc2ccc(Cl)cc2)c2cc(-c3ccc(C(=O)O)cc3)ccc21. The van der Waals surface area contributed by atoms with E-state index in [0.717, 1.165) is 34.5 Å². The smallest absolute Gasteiger partial charge is 0.335 e. The highest BCUT2D eigenvalue weighted by Gasteiger charge is 2.27. The van der Waals surface area contributed by atoms with Crippen LogP contribution in [0.15, 0.2) is 66.7 Å². The summed E-state index contributed by atoms with van der Waals surface area (Å²) in [5.41, 5.74) is 5.04. The largest absolute Gasteiger partial charge is 0.478 e. The zero-order valence-electron chi connectivity index (χ0n) is 16.4. The van der Waals surface area contributed by atoms with Crippen LogP contribution in [0.25, 0.3) is 11.1 Å². The number of hydrogen-bond donors (Lipinski definition) is 2. The molecule has 3 aromatic rings. The van der Waals surface area contributed by atoms with E-state index >= 15 is 0 Å². The molecule has 0 fully saturated rings. The summed E-state index contributed by atoms with van der Waals surface area (Å²) in [7, 11) is 0. The van der Waals surface area contributed by atoms with Gasteiger partial charge in [0.15, 0.2) is 0 Å². The number of amides is 1. The number of carboxylic acids is 1. The first-order chi connectivity index (χ1) is 14.4. The van der Waals surface area contributed by atoms with E-state index in [0.29, 0.717) is 11.6 Å². The second-order valence-corrected chi connectivity index (χ2v) is 7.76. The predicted octanol–water partition coefficient (Wildman–Crippen LogP) is 5.62. The molecule has 30 heavy (non-hydrogen) atoms. The number of rotatable bonds is 4. The maximum absolute atomic E-state index is 12.2. The molecule has 0 spiro atoms. The zero-order valence-corrected chi connectivity index (χ0v) is 17.2. The molecule has 2 N–H and O–H groups in total. The number of hydrogen-bond acceptors (Lipinski definition) is 3. The molecule has 1 atom stereocenters. The maximum atomic E-state index is 12.2. The van der Waals surface area contributed by atoms with Crippen molar-refractivity contribution in [2.45, 2.75) is 19.4 Å². The lowest BCUT2D eigenvalue weighted by Crippen LogP contribution is -2.36. The molecule has 0 aliphatic carbocycles. The van der Waals surface area contributed by atoms with Gasteiger partial charge < -0.3 is 15.3 Å². The van der Waals surface area contributed by atoms with Crippen molar-refractivity contribution in [3.8, 4) is 11.1 Å². The van der Waals surface area contributed by atoms with Crippen LogP contribution in [0.2, 0.25) is 5.02 Å². The summed E-state index contributed by atoms with van der Waals surface area (Å²) in [6.07, 6.45) is 0.774. The first-order valence-electron chi connectivity index (χ1n) is 9.70. The summed E-state index contributed by atoms with van der Waals surface area (Å²) in [4.78, 5) is 25.1. The van der Waals surface area contributed by atoms with Crippen LogP contribution in [0.4, 0.5) is 11.4 Å². The van der Waals surface area contributed by atoms with Crippen LogP contribution in [0.5, 0.6) is 0 Å². The molecule has 3 aromatic carbocycles. The van der Waals surface area contributed by atoms with Gasteiger partial charge in [0, 0.05) is 29.9 Å². The fourth-order valence-corrected chi connectivity index (χ4v) is 3.95. The molecule has 1 aliphatic rings. The third kappa shape index (κ3) is 4.02. The standard InChI is InChI=1S/C24H21ClN2O3/c1-15(28)27-13-12-22(26-20-9-7-19(25)8-10-20)21-14-18(6-11-23(21)27)16-2-4-17(5-3-16)24(29)30/h2-11,14,22,26H,12-13H2,1H3,(H,29,30). The zero-order chi connectivity index (χ0) is 21.3. The van der Waals surface area contributed by atoms with Gasteiger partial charge in [-0.1, -0.05) is 29.8 Å². The highest BCUT2D eigenvalue weighted by atomic mass is 35.5. The Bertz CT molecular complexity index is 1090. The van der Waals surface area contributed by atoms with Gasteiger partial charge in [-0.2, -0.15) is 0 Å². The topological polar surface area (TPSA) is 69.6 Å². The molecule has 1 heterocycles. The number of carboxylic acid groups (broad SMARTS) is 1. The Labute approximate surface area is 179 Å². The van der Waals surface area contributed by atoms with Crippen molar-refractivity contribution >= 4 is 34.9 Å². The Morgan fingerprint density at radius 3 is 2.30 bits per heavy atom. The van der Waals surface area contributed by atoms with Crippen molar-refractivity contribution in [1.29, 1.82) is 0 Å². The van der Waals surface area contributed by atoms with Gasteiger partial charge >= 0.3 is 5.97 Å². The van der Waals surface area contributed by atoms with E-state index in [1.54, 1.807) is 36.1 Å². The first kappa shape index (κ1) is 20.0. The monoisotopic (exact) mass is 420 g/mol. The lowest BCUT2D eigenvalue weighted by molar-refractivity contribution is -0.116. The fraction of sp³-hybridized carbons (Fsp3) is 0.167. The summed E-state index contributed by atoms with van der Waals surface area (Å²) in [5, 5.41) is 13.4. The Morgan fingerprint density at radius 2 is 1.67 bits per heavy atom. The number of nitrogens with one attached hydrogen (secondary N) is 1. The van der Waals surface area contributed by atoms with Crippen LogP contribution >= 0.6 is 11.6 Å². The Hall–Kier alpha value is -3.31. The number of carbonyl (C=O) groups excluding carboxylic acids is 1. The number of nitrogens with zero attached hydrogens (tertiary/aromatic N) is 1. The summed E-state index contributed by atoms with van der Waals surface area (Å²) in [5.74, 6) is -0.934. The second-order valence-electron chi connectivity index (χ2n) is 7.32. The van der Waals surface area contributed by atoms with Crippen LogP contribution in [-0.2, 0) is 4.79 Å². The van der Waals surface area contributed by atoms with E-state index in [4.69, 9.17) is 16.7 Å². The van der Waals surface area contributed by atoms with Crippen molar-refractivity contribution in [3.63, 3.8) is 0 Å². The molecular weight excluding hydrogens is 400 g/mol. The number of fused-ring (bicyclic) bond motifs is 1. The third-order valence-electron chi connectivity index (χ3n) is 5.37. The number of benzene rings is 3. The van der Waals surface area contributed by atoms with E-state index < -0.39 is 5.97 Å². The van der Waals surface area contributed by atoms with Gasteiger partial charge in [0.2, 0.25) is 5.91 Å². The van der Waals surface area contributed by atoms with Crippen LogP contribution in [0.3, 0.4) is 0 Å². The van der Waals surface area contributed by atoms with Gasteiger partial charge in [-0.15, -0.1) is 0 Å². The summed E-state index contributed by atoms with van der Waals surface area (Å²) in [6.45, 7) is 2.22. The van der Waals surface area contributed by atoms with Crippen molar-refractivity contribution < 1.29 is 14.7 Å². The normalized spacial score (nSPS) is 15.4. The average Bonchev–Trinajstić information content (AvgIpc) is 2.75. The molecule has 1 aliphatic heterocycles. The van der Waals surface area contributed by atoms with Gasteiger partial charge in [0.25, 0.3) is 0 Å². The van der Waals surface area contributed by atoms with E-state index in [-0.39, 0.29) is 17.5 Å². The minimum absolute atomic E-state index is 0.0137. The van der Waals surface area contributed by atoms with Crippen LogP contribution in [-0.4, -0.2) is 23.5 Å². The molecule has 1 unspecified atom stereocenters. The number of aromatic carboxylic acids is 1. The van der Waals surface area contributed by atoms with Gasteiger partial charge in [-0.3, -0.25) is 4.79 Å². The maximum Gasteiger partial charge on any atom is 0.335 e. The van der Waals surface area contributed by atoms with Crippen LogP contribution < -0.4 is 10.2 Å². The van der Waals surface area contributed by atoms with E-state index in [1.165, 1.54) is 0 Å². The molecule has 6 heteroatoms. The van der Waals surface area contributed by atoms with Crippen molar-refractivity contribution in [2.24, 2.45) is 0 Å². The molecular formula is C24H21ClN2O3. The van der Waals surface area contributed by atoms with Gasteiger partial charge in [0.05, 0.1) is 11.6 Å². The third-order valence-corrected chi connectivity index (χ3v) is 5.62. The molecule has 4 rings (SSSR count).